The number of nitrogens with zero attached hydrogens (tertiary/aromatic N) is 2. The highest BCUT2D eigenvalue weighted by atomic mass is 19.1. The number of hydrogen-bond donors (Lipinski definition) is 0. The third-order valence-electron chi connectivity index (χ3n) is 2.04. The first-order valence-corrected chi connectivity index (χ1v) is 5.76. The number of benzene rings is 1. The topological polar surface area (TPSA) is 38.9 Å². The van der Waals surface area contributed by atoms with Crippen molar-refractivity contribution in [2.24, 2.45) is 0 Å². The first kappa shape index (κ1) is 13.4. The van der Waals surface area contributed by atoms with Crippen molar-refractivity contribution in [3.05, 3.63) is 36.0 Å². The zero-order valence-electron chi connectivity index (χ0n) is 10.6. The van der Waals surface area contributed by atoms with Crippen LogP contribution < -0.4 is 0 Å². The lowest BCUT2D eigenvalue weighted by Crippen LogP contribution is -1.86. The maximum absolute atomic E-state index is 12.7. The molecule has 0 atom stereocenters. The van der Waals surface area contributed by atoms with Crippen LogP contribution in [0.4, 0.5) is 4.39 Å². The zero-order valence-corrected chi connectivity index (χ0v) is 10.6. The van der Waals surface area contributed by atoms with Crippen molar-refractivity contribution in [1.82, 2.24) is 10.1 Å². The van der Waals surface area contributed by atoms with E-state index in [1.165, 1.54) is 12.1 Å². The Labute approximate surface area is 101 Å². The van der Waals surface area contributed by atoms with Gasteiger partial charge < -0.3 is 4.52 Å². The smallest absolute Gasteiger partial charge is 0.229 e. The molecule has 1 aromatic carbocycles. The third-order valence-corrected chi connectivity index (χ3v) is 2.04. The summed E-state index contributed by atoms with van der Waals surface area (Å²) in [6.45, 7) is 7.95. The summed E-state index contributed by atoms with van der Waals surface area (Å²) in [6.07, 6.45) is 0. The Kier molecular flexibility index (Phi) is 4.82. The molecule has 17 heavy (non-hydrogen) atoms. The summed E-state index contributed by atoms with van der Waals surface area (Å²) in [6, 6.07) is 6.01. The molecule has 0 aliphatic carbocycles. The molecule has 1 aromatic heterocycles. The summed E-state index contributed by atoms with van der Waals surface area (Å²) in [5.41, 5.74) is 0.757. The average Bonchev–Trinajstić information content (AvgIpc) is 2.82. The van der Waals surface area contributed by atoms with Crippen LogP contribution in [0.2, 0.25) is 0 Å². The second kappa shape index (κ2) is 6.13. The molecule has 0 aliphatic heterocycles. The minimum absolute atomic E-state index is 0.201. The minimum atomic E-state index is -0.272. The molecule has 0 saturated carbocycles. The van der Waals surface area contributed by atoms with Crippen LogP contribution >= 0.6 is 0 Å². The summed E-state index contributed by atoms with van der Waals surface area (Å²) in [5.74, 6) is 1.02. The maximum Gasteiger partial charge on any atom is 0.229 e. The van der Waals surface area contributed by atoms with Crippen molar-refractivity contribution >= 4 is 0 Å². The van der Waals surface area contributed by atoms with E-state index in [4.69, 9.17) is 4.52 Å². The van der Waals surface area contributed by atoms with Gasteiger partial charge in [-0.25, -0.2) is 4.39 Å². The van der Waals surface area contributed by atoms with Crippen molar-refractivity contribution in [3.63, 3.8) is 0 Å². The van der Waals surface area contributed by atoms with Crippen LogP contribution in [-0.4, -0.2) is 10.1 Å². The monoisotopic (exact) mass is 236 g/mol. The summed E-state index contributed by atoms with van der Waals surface area (Å²) in [7, 11) is 0. The Morgan fingerprint density at radius 3 is 2.18 bits per heavy atom. The zero-order chi connectivity index (χ0) is 12.8. The molecule has 0 N–H and O–H groups in total. The van der Waals surface area contributed by atoms with Crippen LogP contribution in [0.15, 0.2) is 28.8 Å². The Balaban J connectivity index is 0.000000686. The van der Waals surface area contributed by atoms with Gasteiger partial charge in [-0.2, -0.15) is 4.98 Å². The van der Waals surface area contributed by atoms with Crippen molar-refractivity contribution in [3.8, 4) is 11.4 Å². The largest absolute Gasteiger partial charge is 0.339 e. The minimum Gasteiger partial charge on any atom is -0.339 e. The second-order valence-electron chi connectivity index (χ2n) is 3.62. The molecule has 2 rings (SSSR count). The van der Waals surface area contributed by atoms with Crippen LogP contribution in [0.25, 0.3) is 11.4 Å². The number of rotatable bonds is 2. The van der Waals surface area contributed by atoms with Gasteiger partial charge in [0.1, 0.15) is 5.82 Å². The predicted octanol–water partition coefficient (Wildman–Crippen LogP) is 4.03. The third kappa shape index (κ3) is 3.37. The van der Waals surface area contributed by atoms with E-state index in [0.29, 0.717) is 11.7 Å². The van der Waals surface area contributed by atoms with Crippen molar-refractivity contribution in [2.45, 2.75) is 33.6 Å². The molecule has 0 unspecified atom stereocenters. The van der Waals surface area contributed by atoms with Crippen LogP contribution in [0.3, 0.4) is 0 Å². The molecular weight excluding hydrogens is 219 g/mol. The van der Waals surface area contributed by atoms with Gasteiger partial charge in [-0.05, 0) is 24.3 Å². The second-order valence-corrected chi connectivity index (χ2v) is 3.62. The Morgan fingerprint density at radius 2 is 1.71 bits per heavy atom. The van der Waals surface area contributed by atoms with Gasteiger partial charge in [0.15, 0.2) is 0 Å². The van der Waals surface area contributed by atoms with Crippen molar-refractivity contribution in [2.75, 3.05) is 0 Å². The van der Waals surface area contributed by atoms with Gasteiger partial charge in [-0.3, -0.25) is 0 Å². The summed E-state index contributed by atoms with van der Waals surface area (Å²) in [4.78, 5) is 4.21. The van der Waals surface area contributed by atoms with E-state index in [0.717, 1.165) is 5.56 Å². The van der Waals surface area contributed by atoms with Crippen LogP contribution in [0, 0.1) is 5.82 Å². The van der Waals surface area contributed by atoms with E-state index >= 15 is 0 Å². The predicted molar refractivity (Wildman–Crippen MR) is 65.1 cm³/mol. The Morgan fingerprint density at radius 1 is 1.12 bits per heavy atom. The molecule has 0 amide bonds. The molecule has 1 heterocycles. The highest BCUT2D eigenvalue weighted by Gasteiger charge is 2.10. The summed E-state index contributed by atoms with van der Waals surface area (Å²) < 4.78 is 17.7. The maximum atomic E-state index is 12.7. The quantitative estimate of drug-likeness (QED) is 0.790. The van der Waals surface area contributed by atoms with Crippen LogP contribution in [0.5, 0.6) is 0 Å². The number of hydrogen-bond acceptors (Lipinski definition) is 3. The van der Waals surface area contributed by atoms with E-state index in [1.807, 2.05) is 27.7 Å². The molecule has 2 aromatic rings. The lowest BCUT2D eigenvalue weighted by molar-refractivity contribution is 0.365. The van der Waals surface area contributed by atoms with Crippen LogP contribution in [0.1, 0.15) is 39.5 Å². The standard InChI is InChI=1S/C11H11FN2O.C2H6/c1-7(2)11-13-10(14-15-11)8-3-5-9(12)6-4-8;1-2/h3-7H,1-2H3;1-2H3. The first-order chi connectivity index (χ1) is 8.16. The normalized spacial score (nSPS) is 10.0. The van der Waals surface area contributed by atoms with E-state index in [2.05, 4.69) is 10.1 Å². The highest BCUT2D eigenvalue weighted by molar-refractivity contribution is 5.53. The van der Waals surface area contributed by atoms with Gasteiger partial charge in [-0.1, -0.05) is 32.9 Å². The molecule has 0 aliphatic rings. The SMILES string of the molecule is CC.CC(C)c1nc(-c2ccc(F)cc2)no1. The number of halogens is 1. The fraction of sp³-hybridized carbons (Fsp3) is 0.385. The van der Waals surface area contributed by atoms with Gasteiger partial charge in [0, 0.05) is 11.5 Å². The highest BCUT2D eigenvalue weighted by Crippen LogP contribution is 2.19. The number of aromatic nitrogens is 2. The van der Waals surface area contributed by atoms with Gasteiger partial charge in [0.25, 0.3) is 0 Å². The van der Waals surface area contributed by atoms with Gasteiger partial charge >= 0.3 is 0 Å². The molecule has 0 spiro atoms. The van der Waals surface area contributed by atoms with Gasteiger partial charge in [0.2, 0.25) is 11.7 Å². The molecule has 4 heteroatoms. The molecule has 3 nitrogen and oxygen atoms in total. The Hall–Kier alpha value is -1.71. The van der Waals surface area contributed by atoms with E-state index in [1.54, 1.807) is 12.1 Å². The molecule has 0 bridgehead atoms. The van der Waals surface area contributed by atoms with Crippen molar-refractivity contribution in [1.29, 1.82) is 0 Å². The fourth-order valence-electron chi connectivity index (χ4n) is 1.19. The van der Waals surface area contributed by atoms with Gasteiger partial charge in [0.05, 0.1) is 0 Å². The lowest BCUT2D eigenvalue weighted by atomic mass is 10.2. The summed E-state index contributed by atoms with van der Waals surface area (Å²) in [5, 5.41) is 3.83. The first-order valence-electron chi connectivity index (χ1n) is 5.76. The molecule has 0 fully saturated rings. The van der Waals surface area contributed by atoms with Crippen LogP contribution in [-0.2, 0) is 0 Å². The lowest BCUT2D eigenvalue weighted by Gasteiger charge is -1.93. The fourth-order valence-corrected chi connectivity index (χ4v) is 1.19. The van der Waals surface area contributed by atoms with E-state index in [-0.39, 0.29) is 11.7 Å². The molecule has 0 saturated heterocycles. The van der Waals surface area contributed by atoms with Gasteiger partial charge in [-0.15, -0.1) is 0 Å². The summed E-state index contributed by atoms with van der Waals surface area (Å²) >= 11 is 0. The average molecular weight is 236 g/mol. The molecule has 0 radical (unpaired) electrons. The van der Waals surface area contributed by atoms with E-state index < -0.39 is 0 Å². The molecule has 92 valence electrons. The Bertz CT molecular complexity index is 449. The van der Waals surface area contributed by atoms with E-state index in [9.17, 15) is 4.39 Å². The van der Waals surface area contributed by atoms with Crippen molar-refractivity contribution < 1.29 is 8.91 Å². The molecular formula is C13H17FN2O.